The van der Waals surface area contributed by atoms with Crippen molar-refractivity contribution in [2.75, 3.05) is 0 Å². The molecular formula is C15H14N4O. The number of azo groups is 2. The summed E-state index contributed by atoms with van der Waals surface area (Å²) in [6, 6.07) is 14.0. The Bertz CT molecular complexity index is 620. The van der Waals surface area contributed by atoms with Crippen LogP contribution < -0.4 is 0 Å². The summed E-state index contributed by atoms with van der Waals surface area (Å²) < 4.78 is 0. The SMILES string of the molecule is Cc1cccc(N=NC(=O)N=Nc2cccc(C)c2)c1. The number of nitrogens with zero attached hydrogens (tertiary/aromatic N) is 4. The highest BCUT2D eigenvalue weighted by molar-refractivity contribution is 5.75. The summed E-state index contributed by atoms with van der Waals surface area (Å²) >= 11 is 0. The second-order valence-electron chi connectivity index (χ2n) is 4.36. The van der Waals surface area contributed by atoms with Gasteiger partial charge in [-0.25, -0.2) is 4.79 Å². The van der Waals surface area contributed by atoms with Crippen LogP contribution >= 0.6 is 0 Å². The summed E-state index contributed by atoms with van der Waals surface area (Å²) in [5.74, 6) is 0. The fraction of sp³-hybridized carbons (Fsp3) is 0.133. The Morgan fingerprint density at radius 2 is 1.25 bits per heavy atom. The quantitative estimate of drug-likeness (QED) is 0.681. The molecule has 0 aliphatic heterocycles. The lowest BCUT2D eigenvalue weighted by Crippen LogP contribution is -1.80. The molecule has 0 saturated heterocycles. The lowest BCUT2D eigenvalue weighted by atomic mass is 10.2. The standard InChI is InChI=1S/C15H14N4O/c1-11-5-3-7-13(9-11)16-18-15(20)19-17-14-8-4-6-12(2)10-14/h3-10H,1-2H3. The van der Waals surface area contributed by atoms with Crippen LogP contribution in [0.1, 0.15) is 11.1 Å². The van der Waals surface area contributed by atoms with E-state index in [0.717, 1.165) is 11.1 Å². The summed E-state index contributed by atoms with van der Waals surface area (Å²) in [5.41, 5.74) is 3.33. The highest BCUT2D eigenvalue weighted by atomic mass is 16.2. The van der Waals surface area contributed by atoms with Gasteiger partial charge in [-0.3, -0.25) is 0 Å². The van der Waals surface area contributed by atoms with Crippen LogP contribution in [0.25, 0.3) is 0 Å². The van der Waals surface area contributed by atoms with Gasteiger partial charge >= 0.3 is 6.03 Å². The van der Waals surface area contributed by atoms with Crippen LogP contribution in [0.4, 0.5) is 16.2 Å². The molecule has 0 fully saturated rings. The van der Waals surface area contributed by atoms with E-state index >= 15 is 0 Å². The van der Waals surface area contributed by atoms with E-state index < -0.39 is 6.03 Å². The van der Waals surface area contributed by atoms with E-state index in [2.05, 4.69) is 20.5 Å². The third-order valence-corrected chi connectivity index (χ3v) is 2.51. The number of hydrogen-bond donors (Lipinski definition) is 0. The van der Waals surface area contributed by atoms with Gasteiger partial charge in [0, 0.05) is 0 Å². The van der Waals surface area contributed by atoms with Crippen LogP contribution in [0.2, 0.25) is 0 Å². The van der Waals surface area contributed by atoms with E-state index in [-0.39, 0.29) is 0 Å². The van der Waals surface area contributed by atoms with E-state index in [1.807, 2.05) is 50.2 Å². The van der Waals surface area contributed by atoms with Crippen molar-refractivity contribution in [1.29, 1.82) is 0 Å². The summed E-state index contributed by atoms with van der Waals surface area (Å²) in [4.78, 5) is 11.4. The lowest BCUT2D eigenvalue weighted by molar-refractivity contribution is 0.254. The van der Waals surface area contributed by atoms with Crippen LogP contribution in [0.15, 0.2) is 69.0 Å². The molecule has 20 heavy (non-hydrogen) atoms. The summed E-state index contributed by atoms with van der Waals surface area (Å²) in [6.45, 7) is 3.89. The smallest absolute Gasteiger partial charge is 0.240 e. The van der Waals surface area contributed by atoms with Crippen LogP contribution in [-0.4, -0.2) is 6.03 Å². The summed E-state index contributed by atoms with van der Waals surface area (Å²) in [5, 5.41) is 14.6. The number of amides is 2. The first-order valence-electron chi connectivity index (χ1n) is 6.14. The predicted octanol–water partition coefficient (Wildman–Crippen LogP) is 5.29. The van der Waals surface area contributed by atoms with Gasteiger partial charge < -0.3 is 0 Å². The molecule has 2 aromatic rings. The van der Waals surface area contributed by atoms with Crippen molar-refractivity contribution < 1.29 is 4.79 Å². The fourth-order valence-corrected chi connectivity index (χ4v) is 1.60. The van der Waals surface area contributed by atoms with Crippen molar-refractivity contribution in [2.45, 2.75) is 13.8 Å². The predicted molar refractivity (Wildman–Crippen MR) is 76.8 cm³/mol. The van der Waals surface area contributed by atoms with Crippen molar-refractivity contribution >= 4 is 17.4 Å². The van der Waals surface area contributed by atoms with Gasteiger partial charge in [-0.15, -0.1) is 10.2 Å². The minimum atomic E-state index is -0.729. The van der Waals surface area contributed by atoms with E-state index in [1.54, 1.807) is 12.1 Å². The molecular weight excluding hydrogens is 252 g/mol. The molecule has 0 heterocycles. The van der Waals surface area contributed by atoms with E-state index in [1.165, 1.54) is 0 Å². The highest BCUT2D eigenvalue weighted by Crippen LogP contribution is 2.15. The molecule has 0 unspecified atom stereocenters. The van der Waals surface area contributed by atoms with Crippen molar-refractivity contribution in [1.82, 2.24) is 0 Å². The first kappa shape index (κ1) is 13.7. The third kappa shape index (κ3) is 4.20. The largest absolute Gasteiger partial charge is 0.404 e. The Balaban J connectivity index is 2.02. The Kier molecular flexibility index (Phi) is 4.44. The molecule has 0 N–H and O–H groups in total. The molecule has 0 aliphatic rings. The van der Waals surface area contributed by atoms with Crippen molar-refractivity contribution in [3.8, 4) is 0 Å². The van der Waals surface area contributed by atoms with Gasteiger partial charge in [-0.1, -0.05) is 34.5 Å². The van der Waals surface area contributed by atoms with Crippen LogP contribution in [0.5, 0.6) is 0 Å². The van der Waals surface area contributed by atoms with Crippen LogP contribution in [-0.2, 0) is 0 Å². The van der Waals surface area contributed by atoms with Crippen LogP contribution in [0.3, 0.4) is 0 Å². The zero-order chi connectivity index (χ0) is 14.4. The Morgan fingerprint density at radius 1 is 0.800 bits per heavy atom. The van der Waals surface area contributed by atoms with Crippen molar-refractivity contribution in [2.24, 2.45) is 20.5 Å². The molecule has 0 aromatic heterocycles. The molecule has 0 atom stereocenters. The second-order valence-corrected chi connectivity index (χ2v) is 4.36. The number of hydrogen-bond acceptors (Lipinski definition) is 3. The first-order chi connectivity index (χ1) is 9.63. The van der Waals surface area contributed by atoms with Crippen LogP contribution in [0, 0.1) is 13.8 Å². The number of carbonyl (C=O) groups is 1. The molecule has 0 spiro atoms. The monoisotopic (exact) mass is 266 g/mol. The molecule has 5 heteroatoms. The highest BCUT2D eigenvalue weighted by Gasteiger charge is 1.96. The van der Waals surface area contributed by atoms with Crippen molar-refractivity contribution in [3.63, 3.8) is 0 Å². The number of rotatable bonds is 2. The van der Waals surface area contributed by atoms with Crippen molar-refractivity contribution in [3.05, 3.63) is 59.7 Å². The number of benzene rings is 2. The maximum Gasteiger partial charge on any atom is 0.404 e. The van der Waals surface area contributed by atoms with Gasteiger partial charge in [0.2, 0.25) is 0 Å². The van der Waals surface area contributed by atoms with Gasteiger partial charge in [0.05, 0.1) is 11.4 Å². The van der Waals surface area contributed by atoms with Gasteiger partial charge in [0.25, 0.3) is 0 Å². The Morgan fingerprint density at radius 3 is 1.65 bits per heavy atom. The van der Waals surface area contributed by atoms with Gasteiger partial charge in [-0.2, -0.15) is 0 Å². The molecule has 2 rings (SSSR count). The third-order valence-electron chi connectivity index (χ3n) is 2.51. The molecule has 0 aliphatic carbocycles. The van der Waals surface area contributed by atoms with Gasteiger partial charge in [0.1, 0.15) is 0 Å². The molecule has 2 amide bonds. The first-order valence-corrected chi connectivity index (χ1v) is 6.14. The maximum atomic E-state index is 11.4. The summed E-state index contributed by atoms with van der Waals surface area (Å²) in [7, 11) is 0. The normalized spacial score (nSPS) is 11.3. The molecule has 0 bridgehead atoms. The maximum absolute atomic E-state index is 11.4. The van der Waals surface area contributed by atoms with Gasteiger partial charge in [-0.05, 0) is 49.2 Å². The Labute approximate surface area is 117 Å². The minimum absolute atomic E-state index is 0.615. The zero-order valence-electron chi connectivity index (χ0n) is 11.3. The van der Waals surface area contributed by atoms with E-state index in [9.17, 15) is 4.79 Å². The molecule has 5 nitrogen and oxygen atoms in total. The van der Waals surface area contributed by atoms with Gasteiger partial charge in [0.15, 0.2) is 0 Å². The molecule has 2 aromatic carbocycles. The summed E-state index contributed by atoms with van der Waals surface area (Å²) in [6.07, 6.45) is 0. The van der Waals surface area contributed by atoms with E-state index in [4.69, 9.17) is 0 Å². The minimum Gasteiger partial charge on any atom is -0.240 e. The average Bonchev–Trinajstić information content (AvgIpc) is 2.43. The average molecular weight is 266 g/mol. The lowest BCUT2D eigenvalue weighted by Gasteiger charge is -1.93. The van der Waals surface area contributed by atoms with E-state index in [0.29, 0.717) is 11.4 Å². The molecule has 100 valence electrons. The second kappa shape index (κ2) is 6.47. The zero-order valence-corrected chi connectivity index (χ0v) is 11.3. The topological polar surface area (TPSA) is 66.5 Å². The number of aryl methyl sites for hydroxylation is 2. The molecule has 0 saturated carbocycles. The number of urea groups is 1. The number of carbonyl (C=O) groups excluding carboxylic acids is 1. The fourth-order valence-electron chi connectivity index (χ4n) is 1.60. The molecule has 0 radical (unpaired) electrons. The Hall–Kier alpha value is -2.69.